The number of benzene rings is 1. The van der Waals surface area contributed by atoms with Crippen LogP contribution >= 0.6 is 0 Å². The van der Waals surface area contributed by atoms with Gasteiger partial charge in [0.25, 0.3) is 0 Å². The van der Waals surface area contributed by atoms with Gasteiger partial charge in [-0.2, -0.15) is 10.5 Å². The fourth-order valence-electron chi connectivity index (χ4n) is 3.48. The molecule has 1 saturated carbocycles. The molecule has 0 spiro atoms. The van der Waals surface area contributed by atoms with Crippen LogP contribution in [0.3, 0.4) is 0 Å². The maximum Gasteiger partial charge on any atom is 0.140 e. The van der Waals surface area contributed by atoms with Gasteiger partial charge in [-0.05, 0) is 36.0 Å². The molecule has 1 aromatic carbocycles. The normalized spacial score (nSPS) is 18.2. The van der Waals surface area contributed by atoms with Crippen LogP contribution in [0.4, 0.5) is 0 Å². The monoisotopic (exact) mass is 268 g/mol. The topological polar surface area (TPSA) is 56.8 Å². The Hall–Kier alpha value is -2.00. The van der Waals surface area contributed by atoms with Crippen LogP contribution in [0.15, 0.2) is 24.3 Å². The quantitative estimate of drug-likeness (QED) is 0.828. The van der Waals surface area contributed by atoms with Gasteiger partial charge in [0, 0.05) is 5.92 Å². The molecule has 0 N–H and O–H groups in total. The summed E-state index contributed by atoms with van der Waals surface area (Å²) in [4.78, 5) is 0. The van der Waals surface area contributed by atoms with E-state index < -0.39 is 5.92 Å². The molecule has 1 fully saturated rings. The Balaban J connectivity index is 2.40. The Morgan fingerprint density at radius 2 is 1.65 bits per heavy atom. The van der Waals surface area contributed by atoms with E-state index in [4.69, 9.17) is 4.74 Å². The van der Waals surface area contributed by atoms with E-state index in [9.17, 15) is 10.5 Å². The van der Waals surface area contributed by atoms with Gasteiger partial charge in [-0.3, -0.25) is 0 Å². The predicted molar refractivity (Wildman–Crippen MR) is 77.0 cm³/mol. The Morgan fingerprint density at radius 3 is 2.10 bits per heavy atom. The minimum atomic E-state index is -0.591. The first-order valence-electron chi connectivity index (χ1n) is 7.08. The molecule has 1 aliphatic carbocycles. The van der Waals surface area contributed by atoms with Crippen LogP contribution in [0.2, 0.25) is 0 Å². The molecule has 0 amide bonds. The Kier molecular flexibility index (Phi) is 4.30. The lowest BCUT2D eigenvalue weighted by molar-refractivity contribution is 0.240. The van der Waals surface area contributed by atoms with Crippen molar-refractivity contribution in [1.82, 2.24) is 0 Å². The number of nitrogens with zero attached hydrogens (tertiary/aromatic N) is 2. The molecule has 0 heterocycles. The van der Waals surface area contributed by atoms with Gasteiger partial charge in [0.15, 0.2) is 0 Å². The van der Waals surface area contributed by atoms with Crippen molar-refractivity contribution in [2.45, 2.75) is 38.5 Å². The summed E-state index contributed by atoms with van der Waals surface area (Å²) in [5.41, 5.74) is 1.12. The van der Waals surface area contributed by atoms with E-state index in [0.717, 1.165) is 24.2 Å². The highest BCUT2D eigenvalue weighted by atomic mass is 16.5. The van der Waals surface area contributed by atoms with E-state index in [1.54, 1.807) is 7.11 Å². The fourth-order valence-corrected chi connectivity index (χ4v) is 3.48. The lowest BCUT2D eigenvalue weighted by Crippen LogP contribution is -2.28. The number of nitriles is 2. The second kappa shape index (κ2) is 5.97. The Labute approximate surface area is 120 Å². The van der Waals surface area contributed by atoms with Crippen LogP contribution in [0, 0.1) is 34.0 Å². The van der Waals surface area contributed by atoms with Crippen molar-refractivity contribution in [1.29, 1.82) is 10.5 Å². The summed E-state index contributed by atoms with van der Waals surface area (Å²) in [6.45, 7) is 2.22. The first-order chi connectivity index (χ1) is 9.64. The molecule has 1 atom stereocenters. The number of hydrogen-bond acceptors (Lipinski definition) is 3. The molecule has 0 radical (unpaired) electrons. The summed E-state index contributed by atoms with van der Waals surface area (Å²) in [5, 5.41) is 18.7. The first-order valence-corrected chi connectivity index (χ1v) is 7.08. The number of methoxy groups -OCH3 is 1. The third-order valence-corrected chi connectivity index (χ3v) is 4.58. The zero-order valence-electron chi connectivity index (χ0n) is 12.1. The predicted octanol–water partition coefficient (Wildman–Crippen LogP) is 4.02. The third-order valence-electron chi connectivity index (χ3n) is 4.58. The summed E-state index contributed by atoms with van der Waals surface area (Å²) in [7, 11) is 1.64. The summed E-state index contributed by atoms with van der Waals surface area (Å²) in [6.07, 6.45) is 4.55. The molecule has 1 aromatic rings. The molecule has 2 rings (SSSR count). The molecule has 20 heavy (non-hydrogen) atoms. The van der Waals surface area contributed by atoms with E-state index in [1.807, 2.05) is 24.3 Å². The largest absolute Gasteiger partial charge is 0.497 e. The molecule has 3 nitrogen and oxygen atoms in total. The molecular formula is C17H20N2O. The highest BCUT2D eigenvalue weighted by molar-refractivity contribution is 5.33. The zero-order chi connectivity index (χ0) is 14.6. The smallest absolute Gasteiger partial charge is 0.140 e. The minimum Gasteiger partial charge on any atom is -0.497 e. The van der Waals surface area contributed by atoms with Crippen molar-refractivity contribution in [2.75, 3.05) is 7.11 Å². The van der Waals surface area contributed by atoms with E-state index >= 15 is 0 Å². The van der Waals surface area contributed by atoms with Gasteiger partial charge in [-0.1, -0.05) is 31.9 Å². The lowest BCUT2D eigenvalue weighted by Gasteiger charge is -2.35. The third kappa shape index (κ3) is 2.63. The molecule has 104 valence electrons. The maximum absolute atomic E-state index is 9.34. The molecule has 1 aliphatic rings. The molecule has 0 aliphatic heterocycles. The van der Waals surface area contributed by atoms with Crippen molar-refractivity contribution in [3.8, 4) is 17.9 Å². The van der Waals surface area contributed by atoms with E-state index in [2.05, 4.69) is 19.1 Å². The fraction of sp³-hybridized carbons (Fsp3) is 0.529. The van der Waals surface area contributed by atoms with Crippen LogP contribution < -0.4 is 4.74 Å². The molecule has 0 bridgehead atoms. The van der Waals surface area contributed by atoms with Gasteiger partial charge in [0.05, 0.1) is 19.2 Å². The van der Waals surface area contributed by atoms with Crippen molar-refractivity contribution in [3.63, 3.8) is 0 Å². The van der Waals surface area contributed by atoms with Gasteiger partial charge in [0.1, 0.15) is 11.7 Å². The zero-order valence-corrected chi connectivity index (χ0v) is 12.1. The van der Waals surface area contributed by atoms with Gasteiger partial charge < -0.3 is 4.74 Å². The average molecular weight is 268 g/mol. The summed E-state index contributed by atoms with van der Waals surface area (Å²) in [6, 6.07) is 12.2. The molecule has 3 heteroatoms. The standard InChI is InChI=1S/C17H20N2O/c1-17(9-3-4-10-17)16(14(11-18)12-19)13-5-7-15(20-2)8-6-13/h5-8,14,16H,3-4,9-10H2,1-2H3. The molecule has 1 unspecified atom stereocenters. The van der Waals surface area contributed by atoms with Gasteiger partial charge in [-0.15, -0.1) is 0 Å². The average Bonchev–Trinajstić information content (AvgIpc) is 2.92. The number of ether oxygens (including phenoxy) is 1. The van der Waals surface area contributed by atoms with Crippen LogP contribution in [-0.2, 0) is 0 Å². The van der Waals surface area contributed by atoms with Crippen LogP contribution in [0.1, 0.15) is 44.1 Å². The first kappa shape index (κ1) is 14.4. The minimum absolute atomic E-state index is 0.0223. The highest BCUT2D eigenvalue weighted by Crippen LogP contribution is 2.51. The lowest BCUT2D eigenvalue weighted by atomic mass is 9.67. The van der Waals surface area contributed by atoms with Crippen molar-refractivity contribution < 1.29 is 4.74 Å². The van der Waals surface area contributed by atoms with Crippen molar-refractivity contribution in [3.05, 3.63) is 29.8 Å². The van der Waals surface area contributed by atoms with Crippen molar-refractivity contribution in [2.24, 2.45) is 11.3 Å². The van der Waals surface area contributed by atoms with Gasteiger partial charge in [0.2, 0.25) is 0 Å². The van der Waals surface area contributed by atoms with Gasteiger partial charge in [-0.25, -0.2) is 0 Å². The van der Waals surface area contributed by atoms with E-state index in [1.165, 1.54) is 12.8 Å². The van der Waals surface area contributed by atoms with Crippen molar-refractivity contribution >= 4 is 0 Å². The molecular weight excluding hydrogens is 248 g/mol. The summed E-state index contributed by atoms with van der Waals surface area (Å²) < 4.78 is 5.18. The SMILES string of the molecule is COc1ccc(C(C(C#N)C#N)C2(C)CCCC2)cc1. The number of rotatable bonds is 4. The van der Waals surface area contributed by atoms with E-state index in [0.29, 0.717) is 0 Å². The molecule has 0 saturated heterocycles. The summed E-state index contributed by atoms with van der Waals surface area (Å²) >= 11 is 0. The van der Waals surface area contributed by atoms with E-state index in [-0.39, 0.29) is 11.3 Å². The molecule has 0 aromatic heterocycles. The maximum atomic E-state index is 9.34. The van der Waals surface area contributed by atoms with Crippen LogP contribution in [-0.4, -0.2) is 7.11 Å². The second-order valence-electron chi connectivity index (χ2n) is 5.85. The van der Waals surface area contributed by atoms with Gasteiger partial charge >= 0.3 is 0 Å². The second-order valence-corrected chi connectivity index (χ2v) is 5.85. The Bertz CT molecular complexity index is 516. The summed E-state index contributed by atoms with van der Waals surface area (Å²) in [5.74, 6) is 0.187. The Morgan fingerprint density at radius 1 is 1.10 bits per heavy atom. The van der Waals surface area contributed by atoms with Crippen LogP contribution in [0.25, 0.3) is 0 Å². The van der Waals surface area contributed by atoms with Crippen LogP contribution in [0.5, 0.6) is 5.75 Å². The number of hydrogen-bond donors (Lipinski definition) is 0. The highest BCUT2D eigenvalue weighted by Gasteiger charge is 2.42.